The van der Waals surface area contributed by atoms with Crippen LogP contribution in [0.1, 0.15) is 52.2 Å². The lowest BCUT2D eigenvalue weighted by Crippen LogP contribution is -2.46. The van der Waals surface area contributed by atoms with Crippen LogP contribution in [0.25, 0.3) is 0 Å². The van der Waals surface area contributed by atoms with Gasteiger partial charge in [-0.25, -0.2) is 4.79 Å². The van der Waals surface area contributed by atoms with Gasteiger partial charge in [0.05, 0.1) is 12.7 Å². The first-order valence-electron chi connectivity index (χ1n) is 9.39. The predicted octanol–water partition coefficient (Wildman–Crippen LogP) is 3.11. The van der Waals surface area contributed by atoms with E-state index in [4.69, 9.17) is 9.47 Å². The standard InChI is InChI=1S/C20H32N2O4/c1-5-25-17-8-6-15(7-9-17)18(23)14-22-12-10-16(11-13-22)21-19(24)26-20(2,3)4/h6-9,16,18,23H,5,10-14H2,1-4H3,(H,21,24). The topological polar surface area (TPSA) is 71.0 Å². The summed E-state index contributed by atoms with van der Waals surface area (Å²) in [5.74, 6) is 0.817. The van der Waals surface area contributed by atoms with Gasteiger partial charge in [-0.05, 0) is 58.2 Å². The van der Waals surface area contributed by atoms with E-state index >= 15 is 0 Å². The first kappa shape index (κ1) is 20.5. The van der Waals surface area contributed by atoms with Crippen molar-refractivity contribution in [1.29, 1.82) is 0 Å². The van der Waals surface area contributed by atoms with Gasteiger partial charge in [-0.1, -0.05) is 12.1 Å². The summed E-state index contributed by atoms with van der Waals surface area (Å²) >= 11 is 0. The molecule has 1 aromatic carbocycles. The number of aliphatic hydroxyl groups excluding tert-OH is 1. The van der Waals surface area contributed by atoms with Crippen molar-refractivity contribution >= 4 is 6.09 Å². The highest BCUT2D eigenvalue weighted by atomic mass is 16.6. The van der Waals surface area contributed by atoms with Crippen LogP contribution in [-0.2, 0) is 4.74 Å². The minimum Gasteiger partial charge on any atom is -0.494 e. The summed E-state index contributed by atoms with van der Waals surface area (Å²) < 4.78 is 10.7. The van der Waals surface area contributed by atoms with E-state index in [0.717, 1.165) is 37.2 Å². The Morgan fingerprint density at radius 1 is 1.27 bits per heavy atom. The molecule has 6 nitrogen and oxygen atoms in total. The van der Waals surface area contributed by atoms with E-state index in [2.05, 4.69) is 10.2 Å². The number of β-amino-alcohol motifs (C(OH)–C–C–N with tert-alkyl or cyclic N) is 1. The number of amides is 1. The lowest BCUT2D eigenvalue weighted by molar-refractivity contribution is 0.0459. The number of carbonyl (C=O) groups excluding carboxylic acids is 1. The lowest BCUT2D eigenvalue weighted by Gasteiger charge is -2.33. The third-order valence-corrected chi connectivity index (χ3v) is 4.32. The second-order valence-electron chi connectivity index (χ2n) is 7.74. The fourth-order valence-electron chi connectivity index (χ4n) is 3.04. The molecular formula is C20H32N2O4. The molecule has 2 N–H and O–H groups in total. The van der Waals surface area contributed by atoms with Crippen LogP contribution in [0.15, 0.2) is 24.3 Å². The maximum absolute atomic E-state index is 11.8. The number of ether oxygens (including phenoxy) is 2. The molecule has 1 heterocycles. The largest absolute Gasteiger partial charge is 0.494 e. The van der Waals surface area contributed by atoms with Crippen LogP contribution in [0.3, 0.4) is 0 Å². The molecule has 1 atom stereocenters. The normalized spacial score (nSPS) is 17.6. The second kappa shape index (κ2) is 9.24. The van der Waals surface area contributed by atoms with Crippen LogP contribution < -0.4 is 10.1 Å². The lowest BCUT2D eigenvalue weighted by atomic mass is 10.0. The van der Waals surface area contributed by atoms with Crippen molar-refractivity contribution in [1.82, 2.24) is 10.2 Å². The number of nitrogens with one attached hydrogen (secondary N) is 1. The van der Waals surface area contributed by atoms with Crippen LogP contribution in [0.5, 0.6) is 5.75 Å². The van der Waals surface area contributed by atoms with Crippen molar-refractivity contribution in [2.45, 2.75) is 58.3 Å². The molecule has 0 spiro atoms. The number of aliphatic hydroxyl groups is 1. The van der Waals surface area contributed by atoms with E-state index < -0.39 is 11.7 Å². The summed E-state index contributed by atoms with van der Waals surface area (Å²) in [7, 11) is 0. The molecule has 1 unspecified atom stereocenters. The number of likely N-dealkylation sites (tertiary alicyclic amines) is 1. The fraction of sp³-hybridized carbons (Fsp3) is 0.650. The number of piperidine rings is 1. The zero-order valence-electron chi connectivity index (χ0n) is 16.3. The van der Waals surface area contributed by atoms with Crippen molar-refractivity contribution in [2.24, 2.45) is 0 Å². The van der Waals surface area contributed by atoms with E-state index in [1.165, 1.54) is 0 Å². The quantitative estimate of drug-likeness (QED) is 0.812. The van der Waals surface area contributed by atoms with Gasteiger partial charge in [0.2, 0.25) is 0 Å². The average molecular weight is 364 g/mol. The van der Waals surface area contributed by atoms with Gasteiger partial charge in [-0.3, -0.25) is 0 Å². The Morgan fingerprint density at radius 2 is 1.88 bits per heavy atom. The average Bonchev–Trinajstić information content (AvgIpc) is 2.56. The van der Waals surface area contributed by atoms with E-state index in [1.54, 1.807) is 0 Å². The number of benzene rings is 1. The van der Waals surface area contributed by atoms with E-state index in [1.807, 2.05) is 52.0 Å². The van der Waals surface area contributed by atoms with Crippen molar-refractivity contribution in [3.63, 3.8) is 0 Å². The van der Waals surface area contributed by atoms with E-state index in [-0.39, 0.29) is 12.1 Å². The van der Waals surface area contributed by atoms with E-state index in [0.29, 0.717) is 13.2 Å². The SMILES string of the molecule is CCOc1ccc(C(O)CN2CCC(NC(=O)OC(C)(C)C)CC2)cc1. The molecule has 1 fully saturated rings. The highest BCUT2D eigenvalue weighted by molar-refractivity contribution is 5.68. The molecule has 0 radical (unpaired) electrons. The Hall–Kier alpha value is -1.79. The van der Waals surface area contributed by atoms with Crippen LogP contribution in [0.2, 0.25) is 0 Å². The van der Waals surface area contributed by atoms with Gasteiger partial charge in [0.25, 0.3) is 0 Å². The van der Waals surface area contributed by atoms with Gasteiger partial charge in [0, 0.05) is 25.7 Å². The van der Waals surface area contributed by atoms with Crippen LogP contribution in [0.4, 0.5) is 4.79 Å². The molecule has 0 aromatic heterocycles. The fourth-order valence-corrected chi connectivity index (χ4v) is 3.04. The number of carbonyl (C=O) groups is 1. The smallest absolute Gasteiger partial charge is 0.407 e. The Labute approximate surface area is 156 Å². The van der Waals surface area contributed by atoms with Crippen molar-refractivity contribution in [3.05, 3.63) is 29.8 Å². The summed E-state index contributed by atoms with van der Waals surface area (Å²) in [5.41, 5.74) is 0.412. The molecule has 26 heavy (non-hydrogen) atoms. The number of rotatable bonds is 6. The summed E-state index contributed by atoms with van der Waals surface area (Å²) in [6, 6.07) is 7.72. The third kappa shape index (κ3) is 6.84. The molecule has 1 amide bonds. The molecule has 0 aliphatic carbocycles. The maximum atomic E-state index is 11.8. The molecule has 1 saturated heterocycles. The van der Waals surface area contributed by atoms with Crippen molar-refractivity contribution < 1.29 is 19.4 Å². The maximum Gasteiger partial charge on any atom is 0.407 e. The first-order chi connectivity index (χ1) is 12.3. The number of nitrogens with zero attached hydrogens (tertiary/aromatic N) is 1. The molecule has 2 rings (SSSR count). The van der Waals surface area contributed by atoms with Gasteiger partial charge in [0.15, 0.2) is 0 Å². The monoisotopic (exact) mass is 364 g/mol. The number of alkyl carbamates (subject to hydrolysis) is 1. The predicted molar refractivity (Wildman–Crippen MR) is 101 cm³/mol. The van der Waals surface area contributed by atoms with Crippen LogP contribution in [-0.4, -0.2) is 54.0 Å². The summed E-state index contributed by atoms with van der Waals surface area (Å²) in [5, 5.41) is 13.4. The molecule has 6 heteroatoms. The second-order valence-corrected chi connectivity index (χ2v) is 7.74. The van der Waals surface area contributed by atoms with Gasteiger partial charge >= 0.3 is 6.09 Å². The highest BCUT2D eigenvalue weighted by Crippen LogP contribution is 2.21. The first-order valence-corrected chi connectivity index (χ1v) is 9.39. The van der Waals surface area contributed by atoms with Gasteiger partial charge in [-0.15, -0.1) is 0 Å². The molecule has 0 saturated carbocycles. The van der Waals surface area contributed by atoms with Crippen molar-refractivity contribution in [2.75, 3.05) is 26.2 Å². The minimum atomic E-state index is -0.527. The molecule has 146 valence electrons. The Bertz CT molecular complexity index is 560. The van der Waals surface area contributed by atoms with Crippen molar-refractivity contribution in [3.8, 4) is 5.75 Å². The van der Waals surface area contributed by atoms with Gasteiger partial charge in [-0.2, -0.15) is 0 Å². The molecule has 0 bridgehead atoms. The Kier molecular flexibility index (Phi) is 7.29. The van der Waals surface area contributed by atoms with Crippen LogP contribution >= 0.6 is 0 Å². The summed E-state index contributed by atoms with van der Waals surface area (Å²) in [6.07, 6.45) is 0.830. The highest BCUT2D eigenvalue weighted by Gasteiger charge is 2.24. The zero-order valence-corrected chi connectivity index (χ0v) is 16.3. The third-order valence-electron chi connectivity index (χ3n) is 4.32. The molecule has 1 aromatic rings. The molecule has 1 aliphatic rings. The Balaban J connectivity index is 1.74. The summed E-state index contributed by atoms with van der Waals surface area (Å²) in [6.45, 7) is 10.4. The molecule has 1 aliphatic heterocycles. The van der Waals surface area contributed by atoms with E-state index in [9.17, 15) is 9.90 Å². The zero-order chi connectivity index (χ0) is 19.2. The number of hydrogen-bond acceptors (Lipinski definition) is 5. The van der Waals surface area contributed by atoms with Gasteiger partial charge < -0.3 is 24.8 Å². The Morgan fingerprint density at radius 3 is 2.42 bits per heavy atom. The minimum absolute atomic E-state index is 0.128. The molecular weight excluding hydrogens is 332 g/mol. The van der Waals surface area contributed by atoms with Gasteiger partial charge in [0.1, 0.15) is 11.4 Å². The van der Waals surface area contributed by atoms with Crippen LogP contribution in [0, 0.1) is 0 Å². The summed E-state index contributed by atoms with van der Waals surface area (Å²) in [4.78, 5) is 14.1. The number of hydrogen-bond donors (Lipinski definition) is 2.